The summed E-state index contributed by atoms with van der Waals surface area (Å²) in [6.45, 7) is 3.74. The number of aromatic amines is 1. The van der Waals surface area contributed by atoms with Crippen molar-refractivity contribution in [3.63, 3.8) is 0 Å². The maximum atomic E-state index is 13.3. The molecule has 2 N–H and O–H groups in total. The van der Waals surface area contributed by atoms with Crippen molar-refractivity contribution in [3.8, 4) is 22.5 Å². The molecule has 0 radical (unpaired) electrons. The fourth-order valence-electron chi connectivity index (χ4n) is 2.89. The lowest BCUT2D eigenvalue weighted by atomic mass is 10.0. The summed E-state index contributed by atoms with van der Waals surface area (Å²) in [5, 5.41) is 10.6. The number of carbonyl (C=O) groups excluding carboxylic acids is 1. The Labute approximate surface area is 160 Å². The molecule has 0 unspecified atom stereocenters. The van der Waals surface area contributed by atoms with Crippen molar-refractivity contribution < 1.29 is 9.18 Å². The molecule has 3 aromatic heterocycles. The minimum absolute atomic E-state index is 0.271. The third kappa shape index (κ3) is 3.50. The summed E-state index contributed by atoms with van der Waals surface area (Å²) < 4.78 is 13.3. The molecule has 0 bridgehead atoms. The summed E-state index contributed by atoms with van der Waals surface area (Å²) in [5.41, 5.74) is 4.65. The summed E-state index contributed by atoms with van der Waals surface area (Å²) in [6.07, 6.45) is 6.35. The van der Waals surface area contributed by atoms with Gasteiger partial charge >= 0.3 is 0 Å². The van der Waals surface area contributed by atoms with Gasteiger partial charge in [0.1, 0.15) is 5.82 Å². The predicted octanol–water partition coefficient (Wildman–Crippen LogP) is 3.63. The Morgan fingerprint density at radius 2 is 1.89 bits per heavy atom. The van der Waals surface area contributed by atoms with Crippen LogP contribution in [0.4, 0.5) is 4.39 Å². The molecule has 0 fully saturated rings. The number of aromatic nitrogens is 4. The molecule has 4 rings (SSSR count). The zero-order chi connectivity index (χ0) is 19.5. The van der Waals surface area contributed by atoms with E-state index >= 15 is 0 Å². The van der Waals surface area contributed by atoms with E-state index in [2.05, 4.69) is 32.1 Å². The monoisotopic (exact) mass is 373 g/mol. The molecule has 3 heterocycles. The highest BCUT2D eigenvalue weighted by Crippen LogP contribution is 2.28. The first-order chi connectivity index (χ1) is 13.6. The second-order valence-corrected chi connectivity index (χ2v) is 6.18. The van der Waals surface area contributed by atoms with Crippen molar-refractivity contribution in [1.82, 2.24) is 25.5 Å². The van der Waals surface area contributed by atoms with E-state index in [9.17, 15) is 9.18 Å². The van der Waals surface area contributed by atoms with Crippen molar-refractivity contribution in [2.45, 2.75) is 6.54 Å². The lowest BCUT2D eigenvalue weighted by molar-refractivity contribution is -0.116. The van der Waals surface area contributed by atoms with Crippen LogP contribution in [0.15, 0.2) is 67.6 Å². The van der Waals surface area contributed by atoms with Gasteiger partial charge in [-0.1, -0.05) is 6.58 Å². The van der Waals surface area contributed by atoms with E-state index in [-0.39, 0.29) is 18.3 Å². The van der Waals surface area contributed by atoms with Gasteiger partial charge in [0, 0.05) is 29.3 Å². The van der Waals surface area contributed by atoms with E-state index in [0.717, 1.165) is 33.3 Å². The van der Waals surface area contributed by atoms with Gasteiger partial charge in [0.15, 0.2) is 0 Å². The molecule has 6 nitrogen and oxygen atoms in total. The molecular formula is C21H16FN5O. The molecule has 0 atom stereocenters. The minimum Gasteiger partial charge on any atom is -0.348 e. The predicted molar refractivity (Wildman–Crippen MR) is 105 cm³/mol. The number of halogens is 1. The number of nitrogens with one attached hydrogen (secondary N) is 2. The van der Waals surface area contributed by atoms with Gasteiger partial charge in [0.05, 0.1) is 29.3 Å². The van der Waals surface area contributed by atoms with E-state index in [1.165, 1.54) is 18.2 Å². The van der Waals surface area contributed by atoms with Crippen molar-refractivity contribution in [2.24, 2.45) is 0 Å². The van der Waals surface area contributed by atoms with E-state index in [4.69, 9.17) is 0 Å². The largest absolute Gasteiger partial charge is 0.348 e. The Hall–Kier alpha value is -3.87. The summed E-state index contributed by atoms with van der Waals surface area (Å²) >= 11 is 0. The first kappa shape index (κ1) is 17.5. The van der Waals surface area contributed by atoms with Gasteiger partial charge in [0.2, 0.25) is 5.91 Å². The topological polar surface area (TPSA) is 83.6 Å². The van der Waals surface area contributed by atoms with Gasteiger partial charge in [-0.3, -0.25) is 19.9 Å². The molecule has 0 aliphatic rings. The first-order valence-electron chi connectivity index (χ1n) is 8.58. The number of hydrogen-bond donors (Lipinski definition) is 2. The Balaban J connectivity index is 1.80. The maximum absolute atomic E-state index is 13.3. The zero-order valence-electron chi connectivity index (χ0n) is 14.8. The lowest BCUT2D eigenvalue weighted by Gasteiger charge is -2.12. The molecule has 7 heteroatoms. The Morgan fingerprint density at radius 1 is 1.11 bits per heavy atom. The van der Waals surface area contributed by atoms with E-state index < -0.39 is 0 Å². The molecule has 1 aromatic carbocycles. The third-order valence-electron chi connectivity index (χ3n) is 4.37. The molecule has 0 saturated carbocycles. The van der Waals surface area contributed by atoms with Crippen LogP contribution in [0.25, 0.3) is 33.4 Å². The highest BCUT2D eigenvalue weighted by molar-refractivity contribution is 5.87. The maximum Gasteiger partial charge on any atom is 0.243 e. The number of rotatable bonds is 5. The molecule has 1 amide bonds. The second kappa shape index (κ2) is 7.40. The number of H-pyrrole nitrogens is 1. The third-order valence-corrected chi connectivity index (χ3v) is 4.37. The number of amides is 1. The van der Waals surface area contributed by atoms with Crippen LogP contribution in [0.1, 0.15) is 5.56 Å². The number of fused-ring (bicyclic) bond motifs is 1. The van der Waals surface area contributed by atoms with Crippen LogP contribution < -0.4 is 5.32 Å². The highest BCUT2D eigenvalue weighted by atomic mass is 19.1. The smallest absolute Gasteiger partial charge is 0.243 e. The van der Waals surface area contributed by atoms with Gasteiger partial charge in [-0.25, -0.2) is 4.39 Å². The molecule has 0 spiro atoms. The Bertz CT molecular complexity index is 1170. The van der Waals surface area contributed by atoms with Crippen molar-refractivity contribution in [1.29, 1.82) is 0 Å². The highest BCUT2D eigenvalue weighted by Gasteiger charge is 2.12. The van der Waals surface area contributed by atoms with Crippen LogP contribution in [-0.2, 0) is 11.3 Å². The van der Waals surface area contributed by atoms with Gasteiger partial charge in [-0.05, 0) is 48.0 Å². The second-order valence-electron chi connectivity index (χ2n) is 6.18. The van der Waals surface area contributed by atoms with Crippen LogP contribution in [0.2, 0.25) is 0 Å². The van der Waals surface area contributed by atoms with Crippen molar-refractivity contribution in [2.75, 3.05) is 0 Å². The number of pyridine rings is 2. The van der Waals surface area contributed by atoms with Crippen LogP contribution in [0, 0.1) is 5.82 Å². The molecule has 0 aliphatic carbocycles. The van der Waals surface area contributed by atoms with E-state index in [1.807, 2.05) is 12.1 Å². The van der Waals surface area contributed by atoms with E-state index in [0.29, 0.717) is 5.69 Å². The van der Waals surface area contributed by atoms with Crippen LogP contribution in [0.5, 0.6) is 0 Å². The summed E-state index contributed by atoms with van der Waals surface area (Å²) in [4.78, 5) is 20.6. The van der Waals surface area contributed by atoms with E-state index in [1.54, 1.807) is 30.7 Å². The quantitative estimate of drug-likeness (QED) is 0.523. The number of benzene rings is 1. The van der Waals surface area contributed by atoms with Crippen LogP contribution in [-0.4, -0.2) is 26.1 Å². The van der Waals surface area contributed by atoms with Crippen molar-refractivity contribution in [3.05, 3.63) is 79.0 Å². The number of carbonyl (C=O) groups is 1. The lowest BCUT2D eigenvalue weighted by Crippen LogP contribution is -2.20. The Morgan fingerprint density at radius 3 is 2.68 bits per heavy atom. The molecule has 28 heavy (non-hydrogen) atoms. The standard InChI is InChI=1S/C21H16FN5O/c1-2-21(28)25-10-15-9-23-18(13-3-5-16(22)6-4-13)8-17(15)19-7-14-11-26-27-20(14)12-24-19/h2-9,11-12H,1,10H2,(H,25,28)(H,26,27). The number of hydrogen-bond acceptors (Lipinski definition) is 4. The summed E-state index contributed by atoms with van der Waals surface area (Å²) in [7, 11) is 0. The molecule has 0 aliphatic heterocycles. The van der Waals surface area contributed by atoms with Gasteiger partial charge in [-0.2, -0.15) is 5.10 Å². The fraction of sp³-hybridized carbons (Fsp3) is 0.0476. The normalized spacial score (nSPS) is 10.8. The summed E-state index contributed by atoms with van der Waals surface area (Å²) in [5.74, 6) is -0.577. The number of nitrogens with zero attached hydrogens (tertiary/aromatic N) is 3. The zero-order valence-corrected chi connectivity index (χ0v) is 14.8. The average Bonchev–Trinajstić information content (AvgIpc) is 3.20. The van der Waals surface area contributed by atoms with Crippen LogP contribution in [0.3, 0.4) is 0 Å². The minimum atomic E-state index is -0.306. The molecule has 138 valence electrons. The average molecular weight is 373 g/mol. The molecular weight excluding hydrogens is 357 g/mol. The fourth-order valence-corrected chi connectivity index (χ4v) is 2.89. The molecule has 4 aromatic rings. The van der Waals surface area contributed by atoms with Gasteiger partial charge < -0.3 is 5.32 Å². The van der Waals surface area contributed by atoms with Crippen molar-refractivity contribution >= 4 is 16.8 Å². The first-order valence-corrected chi connectivity index (χ1v) is 8.58. The Kier molecular flexibility index (Phi) is 4.63. The molecule has 0 saturated heterocycles. The SMILES string of the molecule is C=CC(=O)NCc1cnc(-c2ccc(F)cc2)cc1-c1cc2cn[nH]c2cn1. The van der Waals surface area contributed by atoms with Gasteiger partial charge in [0.25, 0.3) is 0 Å². The van der Waals surface area contributed by atoms with Crippen LogP contribution >= 0.6 is 0 Å². The van der Waals surface area contributed by atoms with Gasteiger partial charge in [-0.15, -0.1) is 0 Å². The summed E-state index contributed by atoms with van der Waals surface area (Å²) in [6, 6.07) is 9.94.